The molecule has 1 aromatic carbocycles. The van der Waals surface area contributed by atoms with Crippen molar-refractivity contribution in [1.29, 1.82) is 0 Å². The van der Waals surface area contributed by atoms with Crippen LogP contribution in [0, 0.1) is 5.41 Å². The molecule has 8 heteroatoms. The van der Waals surface area contributed by atoms with Gasteiger partial charge in [-0.1, -0.05) is 39.3 Å². The summed E-state index contributed by atoms with van der Waals surface area (Å²) < 4.78 is 5.40. The van der Waals surface area contributed by atoms with Gasteiger partial charge < -0.3 is 25.0 Å². The number of ether oxygens (including phenoxy) is 1. The quantitative estimate of drug-likeness (QED) is 0.647. The highest BCUT2D eigenvalue weighted by atomic mass is 16.5. The molecule has 0 bridgehead atoms. The van der Waals surface area contributed by atoms with Crippen molar-refractivity contribution in [3.05, 3.63) is 35.4 Å². The van der Waals surface area contributed by atoms with Crippen LogP contribution in [0.15, 0.2) is 24.3 Å². The molecule has 3 aliphatic heterocycles. The normalized spacial score (nSPS) is 28.6. The van der Waals surface area contributed by atoms with Gasteiger partial charge in [0.2, 0.25) is 5.91 Å². The number of carbonyl (C=O) groups is 3. The Labute approximate surface area is 213 Å². The Kier molecular flexibility index (Phi) is 6.96. The predicted octanol–water partition coefficient (Wildman–Crippen LogP) is 2.10. The maximum atomic E-state index is 13.5. The third-order valence-electron chi connectivity index (χ3n) is 8.59. The molecule has 5 rings (SSSR count). The van der Waals surface area contributed by atoms with E-state index < -0.39 is 29.7 Å². The van der Waals surface area contributed by atoms with Crippen molar-refractivity contribution in [3.63, 3.8) is 0 Å². The zero-order valence-electron chi connectivity index (χ0n) is 21.6. The first kappa shape index (κ1) is 25.4. The van der Waals surface area contributed by atoms with Crippen LogP contribution in [0.3, 0.4) is 0 Å². The van der Waals surface area contributed by atoms with Crippen LogP contribution in [0.5, 0.6) is 0 Å². The number of aliphatic hydroxyl groups excluding tert-OH is 1. The molecule has 4 fully saturated rings. The van der Waals surface area contributed by atoms with Crippen molar-refractivity contribution < 1.29 is 24.2 Å². The van der Waals surface area contributed by atoms with E-state index in [-0.39, 0.29) is 30.7 Å². The van der Waals surface area contributed by atoms with Crippen molar-refractivity contribution >= 4 is 17.6 Å². The summed E-state index contributed by atoms with van der Waals surface area (Å²) in [6.45, 7) is 7.86. The van der Waals surface area contributed by atoms with Crippen LogP contribution in [0.25, 0.3) is 0 Å². The Morgan fingerprint density at radius 2 is 1.75 bits per heavy atom. The monoisotopic (exact) mass is 497 g/mol. The number of fused-ring (bicyclic) bond motifs is 1. The van der Waals surface area contributed by atoms with E-state index in [0.717, 1.165) is 32.0 Å². The summed E-state index contributed by atoms with van der Waals surface area (Å²) in [6.07, 6.45) is 4.75. The van der Waals surface area contributed by atoms with E-state index >= 15 is 0 Å². The molecule has 0 aromatic heterocycles. The Balaban J connectivity index is 1.23. The van der Waals surface area contributed by atoms with Gasteiger partial charge in [0, 0.05) is 11.6 Å². The maximum Gasteiger partial charge on any atom is 0.251 e. The number of aliphatic hydroxyl groups is 1. The molecule has 36 heavy (non-hydrogen) atoms. The summed E-state index contributed by atoms with van der Waals surface area (Å²) in [5.74, 6) is -0.378. The Hall–Kier alpha value is -2.29. The van der Waals surface area contributed by atoms with Crippen molar-refractivity contribution in [2.75, 3.05) is 26.2 Å². The van der Waals surface area contributed by atoms with Gasteiger partial charge in [-0.2, -0.15) is 0 Å². The van der Waals surface area contributed by atoms with Crippen LogP contribution < -0.4 is 5.32 Å². The highest BCUT2D eigenvalue weighted by Gasteiger charge is 2.53. The fourth-order valence-corrected chi connectivity index (χ4v) is 6.14. The van der Waals surface area contributed by atoms with Gasteiger partial charge in [0.1, 0.15) is 30.9 Å². The summed E-state index contributed by atoms with van der Waals surface area (Å²) in [4.78, 5) is 43.1. The number of nitrogens with one attached hydrogen (secondary N) is 1. The Morgan fingerprint density at radius 3 is 2.33 bits per heavy atom. The number of piperidine rings is 1. The molecule has 3 saturated heterocycles. The Morgan fingerprint density at radius 1 is 1.08 bits per heavy atom. The van der Waals surface area contributed by atoms with Gasteiger partial charge in [-0.25, -0.2) is 0 Å². The number of ketones is 1. The standard InChI is InChI=1S/C28H39N3O5/c1-28(2,3)25(27(35)31-15-21(32)24-23(31)22(33)16-36-24)29-26(34)19-9-7-17(8-10-19)18-11-13-30(14-12-18)20-5-4-6-20/h7-10,18,20-21,23-25,32H,4-6,11-16H2,1-3H3,(H,29,34)/t21-,23-,24-,25-/m1/s1. The largest absolute Gasteiger partial charge is 0.388 e. The fourth-order valence-electron chi connectivity index (χ4n) is 6.14. The number of rotatable bonds is 5. The predicted molar refractivity (Wildman–Crippen MR) is 135 cm³/mol. The minimum Gasteiger partial charge on any atom is -0.388 e. The molecular formula is C28H39N3O5. The van der Waals surface area contributed by atoms with E-state index in [0.29, 0.717) is 11.5 Å². The molecule has 3 heterocycles. The van der Waals surface area contributed by atoms with Gasteiger partial charge in [0.15, 0.2) is 5.78 Å². The summed E-state index contributed by atoms with van der Waals surface area (Å²) >= 11 is 0. The van der Waals surface area contributed by atoms with Crippen LogP contribution >= 0.6 is 0 Å². The highest BCUT2D eigenvalue weighted by Crippen LogP contribution is 2.34. The van der Waals surface area contributed by atoms with Gasteiger partial charge in [-0.05, 0) is 67.8 Å². The second kappa shape index (κ2) is 9.88. The highest BCUT2D eigenvalue weighted by molar-refractivity contribution is 5.99. The third-order valence-corrected chi connectivity index (χ3v) is 8.59. The van der Waals surface area contributed by atoms with Gasteiger partial charge in [0.25, 0.3) is 5.91 Å². The zero-order valence-corrected chi connectivity index (χ0v) is 21.6. The number of hydrogen-bond acceptors (Lipinski definition) is 6. The molecular weight excluding hydrogens is 458 g/mol. The van der Waals surface area contributed by atoms with E-state index in [1.54, 1.807) is 0 Å². The maximum absolute atomic E-state index is 13.5. The number of Topliss-reactive ketones (excluding diaryl/α,β-unsaturated/α-hetero) is 1. The molecule has 0 radical (unpaired) electrons. The number of likely N-dealkylation sites (tertiary alicyclic amines) is 2. The number of carbonyl (C=O) groups excluding carboxylic acids is 3. The number of benzene rings is 1. The summed E-state index contributed by atoms with van der Waals surface area (Å²) in [5.41, 5.74) is 1.18. The molecule has 1 aromatic rings. The smallest absolute Gasteiger partial charge is 0.251 e. The van der Waals surface area contributed by atoms with E-state index in [1.807, 2.05) is 45.0 Å². The number of β-amino-alcohol motifs (C(OH)–C–C–N with tert-alkyl or cyclic N) is 1. The SMILES string of the molecule is CC(C)(C)[C@H](NC(=O)c1ccc(C2CCN(C3CCC3)CC2)cc1)C(=O)N1C[C@@H](O)[C@H]2OCC(=O)[C@H]21. The lowest BCUT2D eigenvalue weighted by atomic mass is 9.84. The average Bonchev–Trinajstić information content (AvgIpc) is 3.36. The van der Waals surface area contributed by atoms with Gasteiger partial charge in [0.05, 0.1) is 6.54 Å². The number of hydrogen-bond donors (Lipinski definition) is 2. The van der Waals surface area contributed by atoms with Crippen LogP contribution in [0.2, 0.25) is 0 Å². The summed E-state index contributed by atoms with van der Waals surface area (Å²) in [5, 5.41) is 13.2. The molecule has 1 saturated carbocycles. The zero-order chi connectivity index (χ0) is 25.6. The number of amides is 2. The second-order valence-corrected chi connectivity index (χ2v) is 12.0. The minimum atomic E-state index is -0.908. The topological polar surface area (TPSA) is 99.2 Å². The first-order chi connectivity index (χ1) is 17.1. The van der Waals surface area contributed by atoms with Crippen LogP contribution in [-0.2, 0) is 14.3 Å². The minimum absolute atomic E-state index is 0.0244. The molecule has 4 atom stereocenters. The molecule has 2 amide bonds. The van der Waals surface area contributed by atoms with Crippen molar-refractivity contribution in [2.45, 2.75) is 89.1 Å². The average molecular weight is 498 g/mol. The molecule has 0 unspecified atom stereocenters. The molecule has 4 aliphatic rings. The summed E-state index contributed by atoms with van der Waals surface area (Å²) in [6, 6.07) is 6.94. The molecule has 1 aliphatic carbocycles. The van der Waals surface area contributed by atoms with Crippen LogP contribution in [0.1, 0.15) is 74.7 Å². The molecule has 0 spiro atoms. The third kappa shape index (κ3) is 4.83. The van der Waals surface area contributed by atoms with Crippen LogP contribution in [0.4, 0.5) is 0 Å². The van der Waals surface area contributed by atoms with Gasteiger partial charge in [-0.3, -0.25) is 14.4 Å². The van der Waals surface area contributed by atoms with E-state index in [9.17, 15) is 19.5 Å². The Bertz CT molecular complexity index is 991. The van der Waals surface area contributed by atoms with E-state index in [2.05, 4.69) is 10.2 Å². The van der Waals surface area contributed by atoms with Gasteiger partial charge in [-0.15, -0.1) is 0 Å². The summed E-state index contributed by atoms with van der Waals surface area (Å²) in [7, 11) is 0. The van der Waals surface area contributed by atoms with Crippen molar-refractivity contribution in [1.82, 2.24) is 15.1 Å². The molecule has 8 nitrogen and oxygen atoms in total. The lowest BCUT2D eigenvalue weighted by Gasteiger charge is -2.42. The van der Waals surface area contributed by atoms with Crippen molar-refractivity contribution in [3.8, 4) is 0 Å². The lowest BCUT2D eigenvalue weighted by Crippen LogP contribution is -2.57. The molecule has 196 valence electrons. The lowest BCUT2D eigenvalue weighted by molar-refractivity contribution is -0.140. The van der Waals surface area contributed by atoms with Gasteiger partial charge >= 0.3 is 0 Å². The van der Waals surface area contributed by atoms with E-state index in [4.69, 9.17) is 4.74 Å². The first-order valence-electron chi connectivity index (χ1n) is 13.4. The van der Waals surface area contributed by atoms with E-state index in [1.165, 1.54) is 29.7 Å². The molecule has 2 N–H and O–H groups in total. The first-order valence-corrected chi connectivity index (χ1v) is 13.4. The van der Waals surface area contributed by atoms with Crippen molar-refractivity contribution in [2.24, 2.45) is 5.41 Å². The number of nitrogens with zero attached hydrogens (tertiary/aromatic N) is 2. The fraction of sp³-hybridized carbons (Fsp3) is 0.679. The van der Waals surface area contributed by atoms with Crippen LogP contribution in [-0.4, -0.2) is 89.1 Å². The second-order valence-electron chi connectivity index (χ2n) is 12.0.